The fourth-order valence-corrected chi connectivity index (χ4v) is 1.85. The van der Waals surface area contributed by atoms with Crippen molar-refractivity contribution in [2.45, 2.75) is 0 Å². The zero-order chi connectivity index (χ0) is 13.3. The van der Waals surface area contributed by atoms with E-state index in [-0.39, 0.29) is 5.02 Å². The quantitative estimate of drug-likeness (QED) is 0.474. The Kier molecular flexibility index (Phi) is 3.45. The molecule has 7 heteroatoms. The Morgan fingerprint density at radius 2 is 2.06 bits per heavy atom. The van der Waals surface area contributed by atoms with Crippen molar-refractivity contribution in [3.05, 3.63) is 56.6 Å². The first-order valence-electron chi connectivity index (χ1n) is 4.75. The van der Waals surface area contributed by atoms with Gasteiger partial charge >= 0.3 is 5.69 Å². The number of halogens is 3. The molecule has 0 unspecified atom stereocenters. The predicted molar refractivity (Wildman–Crippen MR) is 66.3 cm³/mol. The lowest BCUT2D eigenvalue weighted by Crippen LogP contribution is -1.96. The molecular weight excluding hydrogens is 282 g/mol. The third kappa shape index (κ3) is 2.27. The van der Waals surface area contributed by atoms with E-state index < -0.39 is 16.6 Å². The summed E-state index contributed by atoms with van der Waals surface area (Å²) in [7, 11) is 0. The summed E-state index contributed by atoms with van der Waals surface area (Å²) >= 11 is 11.8. The van der Waals surface area contributed by atoms with E-state index in [1.807, 2.05) is 0 Å². The van der Waals surface area contributed by atoms with Gasteiger partial charge in [0.1, 0.15) is 0 Å². The molecule has 0 spiro atoms. The third-order valence-corrected chi connectivity index (χ3v) is 3.10. The van der Waals surface area contributed by atoms with Crippen molar-refractivity contribution >= 4 is 28.9 Å². The Labute approximate surface area is 111 Å². The van der Waals surface area contributed by atoms with E-state index in [4.69, 9.17) is 23.2 Å². The van der Waals surface area contributed by atoms with Gasteiger partial charge in [-0.1, -0.05) is 35.3 Å². The van der Waals surface area contributed by atoms with E-state index in [1.165, 1.54) is 6.20 Å². The molecule has 0 fully saturated rings. The Morgan fingerprint density at radius 1 is 1.33 bits per heavy atom. The fourth-order valence-electron chi connectivity index (χ4n) is 1.44. The number of pyridine rings is 1. The summed E-state index contributed by atoms with van der Waals surface area (Å²) in [5, 5.41) is 11.2. The van der Waals surface area contributed by atoms with Gasteiger partial charge in [-0.25, -0.2) is 4.98 Å². The first-order chi connectivity index (χ1) is 8.50. The average molecular weight is 287 g/mol. The van der Waals surface area contributed by atoms with Gasteiger partial charge in [0, 0.05) is 23.4 Å². The van der Waals surface area contributed by atoms with Crippen molar-refractivity contribution in [3.63, 3.8) is 0 Å². The van der Waals surface area contributed by atoms with Crippen molar-refractivity contribution in [1.82, 2.24) is 4.98 Å². The molecule has 0 amide bonds. The third-order valence-electron chi connectivity index (χ3n) is 2.28. The van der Waals surface area contributed by atoms with Crippen LogP contribution in [-0.4, -0.2) is 9.91 Å². The maximum atomic E-state index is 13.1. The molecule has 0 radical (unpaired) electrons. The molecule has 0 saturated carbocycles. The minimum Gasteiger partial charge on any atom is -0.258 e. The van der Waals surface area contributed by atoms with Crippen LogP contribution in [0.5, 0.6) is 0 Å². The number of aromatic nitrogens is 1. The first kappa shape index (κ1) is 12.7. The summed E-state index contributed by atoms with van der Waals surface area (Å²) in [4.78, 5) is 13.1. The summed E-state index contributed by atoms with van der Waals surface area (Å²) in [6.45, 7) is 0. The fraction of sp³-hybridized carbons (Fsp3) is 0. The van der Waals surface area contributed by atoms with Crippen molar-refractivity contribution in [3.8, 4) is 11.1 Å². The number of hydrogen-bond donors (Lipinski definition) is 0. The molecule has 1 aromatic carbocycles. The van der Waals surface area contributed by atoms with Crippen molar-refractivity contribution in [2.24, 2.45) is 0 Å². The Bertz CT molecular complexity index is 634. The van der Waals surface area contributed by atoms with Crippen LogP contribution in [0.2, 0.25) is 10.0 Å². The molecule has 18 heavy (non-hydrogen) atoms. The molecule has 2 aromatic rings. The second kappa shape index (κ2) is 4.88. The van der Waals surface area contributed by atoms with Crippen LogP contribution in [0.15, 0.2) is 30.5 Å². The molecule has 0 bridgehead atoms. The molecule has 0 aliphatic carbocycles. The van der Waals surface area contributed by atoms with E-state index in [9.17, 15) is 14.5 Å². The maximum Gasteiger partial charge on any atom is 0.324 e. The second-order valence-corrected chi connectivity index (χ2v) is 4.18. The van der Waals surface area contributed by atoms with Crippen molar-refractivity contribution in [2.75, 3.05) is 0 Å². The van der Waals surface area contributed by atoms with Crippen molar-refractivity contribution in [1.29, 1.82) is 0 Å². The van der Waals surface area contributed by atoms with Gasteiger partial charge in [-0.3, -0.25) is 10.1 Å². The van der Waals surface area contributed by atoms with Gasteiger partial charge in [0.05, 0.1) is 15.0 Å². The standard InChI is InChI=1S/C11H5Cl2FN2O2/c12-8-3-1-2-7(10(8)13)6-4-9(16(17)18)11(14)15-5-6/h1-5H. The molecule has 0 aliphatic rings. The lowest BCUT2D eigenvalue weighted by molar-refractivity contribution is -0.388. The molecule has 2 rings (SSSR count). The minimum atomic E-state index is -1.14. The van der Waals surface area contributed by atoms with E-state index in [1.54, 1.807) is 18.2 Å². The SMILES string of the molecule is O=[N+]([O-])c1cc(-c2cccc(Cl)c2Cl)cnc1F. The lowest BCUT2D eigenvalue weighted by atomic mass is 10.1. The number of hydrogen-bond acceptors (Lipinski definition) is 3. The summed E-state index contributed by atoms with van der Waals surface area (Å²) in [6.07, 6.45) is 1.17. The van der Waals surface area contributed by atoms with Gasteiger partial charge in [0.2, 0.25) is 0 Å². The maximum absolute atomic E-state index is 13.1. The zero-order valence-electron chi connectivity index (χ0n) is 8.73. The molecule has 4 nitrogen and oxygen atoms in total. The summed E-state index contributed by atoms with van der Waals surface area (Å²) in [5.74, 6) is -1.14. The molecule has 1 heterocycles. The Hall–Kier alpha value is -1.72. The van der Waals surface area contributed by atoms with Gasteiger partial charge in [-0.05, 0) is 6.07 Å². The topological polar surface area (TPSA) is 56.0 Å². The molecule has 0 atom stereocenters. The van der Waals surface area contributed by atoms with Gasteiger partial charge in [0.25, 0.3) is 5.95 Å². The van der Waals surface area contributed by atoms with Gasteiger partial charge in [0.15, 0.2) is 0 Å². The Morgan fingerprint density at radius 3 is 2.72 bits per heavy atom. The van der Waals surface area contributed by atoms with Gasteiger partial charge < -0.3 is 0 Å². The van der Waals surface area contributed by atoms with Crippen LogP contribution < -0.4 is 0 Å². The largest absolute Gasteiger partial charge is 0.324 e. The summed E-state index contributed by atoms with van der Waals surface area (Å²) in [5.41, 5.74) is 0.0823. The lowest BCUT2D eigenvalue weighted by Gasteiger charge is -2.05. The van der Waals surface area contributed by atoms with Crippen LogP contribution in [0.25, 0.3) is 11.1 Å². The van der Waals surface area contributed by atoms with E-state index in [2.05, 4.69) is 4.98 Å². The molecule has 1 aromatic heterocycles. The molecule has 92 valence electrons. The monoisotopic (exact) mass is 286 g/mol. The first-order valence-corrected chi connectivity index (χ1v) is 5.50. The Balaban J connectivity index is 2.62. The normalized spacial score (nSPS) is 10.4. The highest BCUT2D eigenvalue weighted by Gasteiger charge is 2.18. The number of rotatable bonds is 2. The molecular formula is C11H5Cl2FN2O2. The zero-order valence-corrected chi connectivity index (χ0v) is 10.2. The number of benzene rings is 1. The van der Waals surface area contributed by atoms with Crippen molar-refractivity contribution < 1.29 is 9.31 Å². The van der Waals surface area contributed by atoms with Crippen LogP contribution in [0.3, 0.4) is 0 Å². The van der Waals surface area contributed by atoms with Crippen LogP contribution >= 0.6 is 23.2 Å². The van der Waals surface area contributed by atoms with E-state index in [0.29, 0.717) is 16.1 Å². The predicted octanol–water partition coefficient (Wildman–Crippen LogP) is 4.10. The molecule has 0 N–H and O–H groups in total. The number of nitro groups is 1. The second-order valence-electron chi connectivity index (χ2n) is 3.39. The highest BCUT2D eigenvalue weighted by atomic mass is 35.5. The van der Waals surface area contributed by atoms with Gasteiger partial charge in [-0.15, -0.1) is 0 Å². The highest BCUT2D eigenvalue weighted by Crippen LogP contribution is 2.34. The summed E-state index contributed by atoms with van der Waals surface area (Å²) < 4.78 is 13.1. The minimum absolute atomic E-state index is 0.238. The molecule has 0 aliphatic heterocycles. The van der Waals surface area contributed by atoms with E-state index >= 15 is 0 Å². The van der Waals surface area contributed by atoms with E-state index in [0.717, 1.165) is 6.07 Å². The van der Waals surface area contributed by atoms with Crippen LogP contribution in [0, 0.1) is 16.1 Å². The van der Waals surface area contributed by atoms with Gasteiger partial charge in [-0.2, -0.15) is 4.39 Å². The highest BCUT2D eigenvalue weighted by molar-refractivity contribution is 6.43. The van der Waals surface area contributed by atoms with Crippen LogP contribution in [0.1, 0.15) is 0 Å². The smallest absolute Gasteiger partial charge is 0.258 e. The average Bonchev–Trinajstić information content (AvgIpc) is 2.33. The number of nitrogens with zero attached hydrogens (tertiary/aromatic N) is 2. The van der Waals surface area contributed by atoms with Crippen LogP contribution in [-0.2, 0) is 0 Å². The summed E-state index contributed by atoms with van der Waals surface area (Å²) in [6, 6.07) is 5.91. The van der Waals surface area contributed by atoms with Crippen LogP contribution in [0.4, 0.5) is 10.1 Å². The molecule has 0 saturated heterocycles.